The number of fused-ring (bicyclic) bond motifs is 1. The lowest BCUT2D eigenvalue weighted by atomic mass is 9.99. The molecule has 0 bridgehead atoms. The van der Waals surface area contributed by atoms with Crippen LogP contribution >= 0.6 is 0 Å². The highest BCUT2D eigenvalue weighted by Gasteiger charge is 2.20. The first-order chi connectivity index (χ1) is 13.7. The van der Waals surface area contributed by atoms with E-state index in [1.54, 1.807) is 7.05 Å². The van der Waals surface area contributed by atoms with Gasteiger partial charge < -0.3 is 20.1 Å². The molecule has 1 aromatic carbocycles. The van der Waals surface area contributed by atoms with E-state index in [9.17, 15) is 0 Å². The van der Waals surface area contributed by atoms with Crippen LogP contribution in [-0.2, 0) is 22.4 Å². The second-order valence-electron chi connectivity index (χ2n) is 7.30. The topological polar surface area (TPSA) is 58.1 Å². The fourth-order valence-corrected chi connectivity index (χ4v) is 3.30. The monoisotopic (exact) mass is 390 g/mol. The number of guanidine groups is 1. The van der Waals surface area contributed by atoms with Gasteiger partial charge in [0.2, 0.25) is 0 Å². The molecule has 0 amide bonds. The molecular weight excluding hydrogens is 352 g/mol. The molecule has 1 unspecified atom stereocenters. The van der Waals surface area contributed by atoms with Crippen LogP contribution in [-0.4, -0.2) is 70.0 Å². The molecule has 0 saturated carbocycles. The lowest BCUT2D eigenvalue weighted by Gasteiger charge is -2.34. The molecule has 6 heteroatoms. The lowest BCUT2D eigenvalue weighted by molar-refractivity contribution is 0.0487. The predicted molar refractivity (Wildman–Crippen MR) is 116 cm³/mol. The largest absolute Gasteiger partial charge is 0.379 e. The van der Waals surface area contributed by atoms with Crippen molar-refractivity contribution in [1.82, 2.24) is 15.5 Å². The summed E-state index contributed by atoms with van der Waals surface area (Å²) in [6.07, 6.45) is 3.42. The molecule has 0 aromatic heterocycles. The molecule has 1 atom stereocenters. The Morgan fingerprint density at radius 3 is 2.61 bits per heavy atom. The Kier molecular flexibility index (Phi) is 10.9. The van der Waals surface area contributed by atoms with Crippen LogP contribution in [0.5, 0.6) is 0 Å². The second kappa shape index (κ2) is 13.5. The Morgan fingerprint density at radius 2 is 1.86 bits per heavy atom. The van der Waals surface area contributed by atoms with E-state index in [0.29, 0.717) is 25.9 Å². The summed E-state index contributed by atoms with van der Waals surface area (Å²) in [6.45, 7) is 11.0. The second-order valence-corrected chi connectivity index (χ2v) is 7.30. The van der Waals surface area contributed by atoms with E-state index in [2.05, 4.69) is 58.6 Å². The Balaban J connectivity index is 1.57. The van der Waals surface area contributed by atoms with Gasteiger partial charge in [0.25, 0.3) is 0 Å². The number of nitrogens with one attached hydrogen (secondary N) is 2. The average molecular weight is 391 g/mol. The molecule has 2 N–H and O–H groups in total. The fraction of sp³-hybridized carbons (Fsp3) is 0.682. The smallest absolute Gasteiger partial charge is 0.191 e. The summed E-state index contributed by atoms with van der Waals surface area (Å²) in [5.74, 6) is 0.826. The van der Waals surface area contributed by atoms with Gasteiger partial charge in [0.1, 0.15) is 0 Å². The van der Waals surface area contributed by atoms with Crippen molar-refractivity contribution in [2.24, 2.45) is 4.99 Å². The maximum Gasteiger partial charge on any atom is 0.191 e. The summed E-state index contributed by atoms with van der Waals surface area (Å²) >= 11 is 0. The molecule has 0 radical (unpaired) electrons. The third-order valence-corrected chi connectivity index (χ3v) is 5.13. The van der Waals surface area contributed by atoms with Crippen molar-refractivity contribution < 1.29 is 9.47 Å². The molecule has 28 heavy (non-hydrogen) atoms. The van der Waals surface area contributed by atoms with Gasteiger partial charge in [-0.3, -0.25) is 9.89 Å². The number of aliphatic imine (C=N–C) groups is 1. The number of ether oxygens (including phenoxy) is 2. The van der Waals surface area contributed by atoms with Crippen molar-refractivity contribution >= 4 is 5.96 Å². The van der Waals surface area contributed by atoms with Gasteiger partial charge in [0, 0.05) is 45.9 Å². The zero-order valence-electron chi connectivity index (χ0n) is 17.9. The van der Waals surface area contributed by atoms with E-state index >= 15 is 0 Å². The highest BCUT2D eigenvalue weighted by Crippen LogP contribution is 2.19. The maximum atomic E-state index is 5.58. The number of hydrogen-bond acceptors (Lipinski definition) is 4. The number of nitrogens with zero attached hydrogens (tertiary/aromatic N) is 2. The van der Waals surface area contributed by atoms with Crippen LogP contribution in [0.4, 0.5) is 0 Å². The molecule has 1 heterocycles. The average Bonchev–Trinajstić information content (AvgIpc) is 2.74. The van der Waals surface area contributed by atoms with Crippen LogP contribution in [0.1, 0.15) is 37.8 Å². The van der Waals surface area contributed by atoms with Gasteiger partial charge in [-0.05, 0) is 30.9 Å². The fourth-order valence-electron chi connectivity index (χ4n) is 3.30. The summed E-state index contributed by atoms with van der Waals surface area (Å²) in [4.78, 5) is 6.84. The molecule has 158 valence electrons. The Morgan fingerprint density at radius 1 is 1.11 bits per heavy atom. The Hall–Kier alpha value is -1.63. The van der Waals surface area contributed by atoms with E-state index in [1.807, 2.05) is 0 Å². The number of rotatable bonds is 12. The van der Waals surface area contributed by atoms with Crippen molar-refractivity contribution in [3.63, 3.8) is 0 Å². The Labute approximate surface area is 170 Å². The van der Waals surface area contributed by atoms with Gasteiger partial charge in [0.05, 0.1) is 19.8 Å². The number of hydrogen-bond donors (Lipinski definition) is 2. The zero-order chi connectivity index (χ0) is 20.0. The molecule has 6 nitrogen and oxygen atoms in total. The molecule has 1 aliphatic rings. The third-order valence-electron chi connectivity index (χ3n) is 5.13. The van der Waals surface area contributed by atoms with Gasteiger partial charge in [0.15, 0.2) is 5.96 Å². The summed E-state index contributed by atoms with van der Waals surface area (Å²) < 4.78 is 11.1. The van der Waals surface area contributed by atoms with Crippen LogP contribution in [0.2, 0.25) is 0 Å². The van der Waals surface area contributed by atoms with Crippen molar-refractivity contribution in [2.45, 2.75) is 45.7 Å². The Bertz CT molecular complexity index is 579. The van der Waals surface area contributed by atoms with E-state index in [1.165, 1.54) is 17.5 Å². The standard InChI is InChI=1S/C22H38N4O2/c1-4-5-13-27-15-16-28-14-11-24-22(23-3)25-17-19(2)26-12-10-20-8-6-7-9-21(20)18-26/h6-9,19H,4-5,10-18H2,1-3H3,(H2,23,24,25). The first kappa shape index (κ1) is 22.7. The van der Waals surface area contributed by atoms with E-state index in [0.717, 1.165) is 51.6 Å². The highest BCUT2D eigenvalue weighted by atomic mass is 16.5. The summed E-state index contributed by atoms with van der Waals surface area (Å²) in [5, 5.41) is 6.74. The number of benzene rings is 1. The molecule has 0 saturated heterocycles. The van der Waals surface area contributed by atoms with Gasteiger partial charge in [-0.2, -0.15) is 0 Å². The molecule has 0 spiro atoms. The SMILES string of the molecule is CCCCOCCOCCNC(=NC)NCC(C)N1CCc2ccccc2C1. The van der Waals surface area contributed by atoms with Crippen LogP contribution in [0.15, 0.2) is 29.3 Å². The first-order valence-electron chi connectivity index (χ1n) is 10.7. The van der Waals surface area contributed by atoms with Crippen molar-refractivity contribution in [3.8, 4) is 0 Å². The molecule has 0 aliphatic carbocycles. The third kappa shape index (κ3) is 8.17. The van der Waals surface area contributed by atoms with Gasteiger partial charge >= 0.3 is 0 Å². The molecular formula is C22H38N4O2. The molecule has 1 aliphatic heterocycles. The van der Waals surface area contributed by atoms with E-state index in [4.69, 9.17) is 9.47 Å². The molecule has 1 aromatic rings. The zero-order valence-corrected chi connectivity index (χ0v) is 17.9. The van der Waals surface area contributed by atoms with E-state index in [-0.39, 0.29) is 0 Å². The predicted octanol–water partition coefficient (Wildman–Crippen LogP) is 2.43. The van der Waals surface area contributed by atoms with Crippen molar-refractivity contribution in [1.29, 1.82) is 0 Å². The van der Waals surface area contributed by atoms with Crippen LogP contribution in [0.3, 0.4) is 0 Å². The maximum absolute atomic E-state index is 5.58. The van der Waals surface area contributed by atoms with Gasteiger partial charge in [-0.15, -0.1) is 0 Å². The van der Waals surface area contributed by atoms with Crippen LogP contribution in [0.25, 0.3) is 0 Å². The highest BCUT2D eigenvalue weighted by molar-refractivity contribution is 5.79. The van der Waals surface area contributed by atoms with Gasteiger partial charge in [-0.1, -0.05) is 37.6 Å². The minimum atomic E-state index is 0.448. The quantitative estimate of drug-likeness (QED) is 0.326. The summed E-state index contributed by atoms with van der Waals surface area (Å²) in [7, 11) is 1.81. The van der Waals surface area contributed by atoms with Crippen molar-refractivity contribution in [3.05, 3.63) is 35.4 Å². The van der Waals surface area contributed by atoms with Crippen LogP contribution in [0, 0.1) is 0 Å². The van der Waals surface area contributed by atoms with Crippen molar-refractivity contribution in [2.75, 3.05) is 53.1 Å². The number of unbranched alkanes of at least 4 members (excludes halogenated alkanes) is 1. The summed E-state index contributed by atoms with van der Waals surface area (Å²) in [6, 6.07) is 9.22. The minimum Gasteiger partial charge on any atom is -0.379 e. The lowest BCUT2D eigenvalue weighted by Crippen LogP contribution is -2.47. The van der Waals surface area contributed by atoms with Gasteiger partial charge in [-0.25, -0.2) is 0 Å². The van der Waals surface area contributed by atoms with Crippen LogP contribution < -0.4 is 10.6 Å². The normalized spacial score (nSPS) is 15.9. The first-order valence-corrected chi connectivity index (χ1v) is 10.7. The minimum absolute atomic E-state index is 0.448. The summed E-state index contributed by atoms with van der Waals surface area (Å²) in [5.41, 5.74) is 2.95. The molecule has 2 rings (SSSR count). The molecule has 0 fully saturated rings. The van der Waals surface area contributed by atoms with E-state index < -0.39 is 0 Å².